The van der Waals surface area contributed by atoms with E-state index < -0.39 is 0 Å². The number of likely N-dealkylation sites (tertiary alicyclic amines) is 1. The highest BCUT2D eigenvalue weighted by Gasteiger charge is 2.33. The van der Waals surface area contributed by atoms with E-state index in [0.29, 0.717) is 6.04 Å². The van der Waals surface area contributed by atoms with E-state index in [-0.39, 0.29) is 0 Å². The molecule has 14 heavy (non-hydrogen) atoms. The Bertz CT molecular complexity index is 166. The molecular weight excluding hydrogens is 172 g/mol. The largest absolute Gasteiger partial charge is 0.314 e. The summed E-state index contributed by atoms with van der Waals surface area (Å²) in [7, 11) is 2.26. The third-order valence-electron chi connectivity index (χ3n) is 3.32. The van der Waals surface area contributed by atoms with Crippen LogP contribution in [0.5, 0.6) is 0 Å². The quantitative estimate of drug-likeness (QED) is 0.743. The maximum Gasteiger partial charge on any atom is 0.0156 e. The zero-order chi connectivity index (χ0) is 10.7. The van der Waals surface area contributed by atoms with Gasteiger partial charge in [0.15, 0.2) is 0 Å². The Balaban J connectivity index is 2.43. The molecular formula is C12H26N2. The summed E-state index contributed by atoms with van der Waals surface area (Å²) in [5.41, 5.74) is 0. The second kappa shape index (κ2) is 5.13. The summed E-state index contributed by atoms with van der Waals surface area (Å²) in [6.45, 7) is 11.6. The van der Waals surface area contributed by atoms with Crippen molar-refractivity contribution in [2.24, 2.45) is 11.8 Å². The van der Waals surface area contributed by atoms with Crippen LogP contribution in [-0.2, 0) is 0 Å². The molecule has 1 fully saturated rings. The van der Waals surface area contributed by atoms with Crippen molar-refractivity contribution in [3.8, 4) is 0 Å². The lowest BCUT2D eigenvalue weighted by Gasteiger charge is -2.29. The monoisotopic (exact) mass is 198 g/mol. The van der Waals surface area contributed by atoms with E-state index >= 15 is 0 Å². The Morgan fingerprint density at radius 3 is 2.43 bits per heavy atom. The van der Waals surface area contributed by atoms with Crippen LogP contribution in [0.1, 0.15) is 34.1 Å². The Kier molecular flexibility index (Phi) is 4.39. The molecule has 0 radical (unpaired) electrons. The van der Waals surface area contributed by atoms with Crippen LogP contribution >= 0.6 is 0 Å². The van der Waals surface area contributed by atoms with E-state index in [1.165, 1.54) is 19.5 Å². The number of nitrogens with zero attached hydrogens (tertiary/aromatic N) is 1. The topological polar surface area (TPSA) is 15.3 Å². The molecule has 1 rings (SSSR count). The highest BCUT2D eigenvalue weighted by Crippen LogP contribution is 2.27. The summed E-state index contributed by atoms with van der Waals surface area (Å²) >= 11 is 0. The normalized spacial score (nSPS) is 29.4. The molecule has 0 spiro atoms. The first-order valence-corrected chi connectivity index (χ1v) is 5.96. The van der Waals surface area contributed by atoms with Crippen molar-refractivity contribution in [3.05, 3.63) is 0 Å². The zero-order valence-corrected chi connectivity index (χ0v) is 10.4. The highest BCUT2D eigenvalue weighted by molar-refractivity contribution is 4.88. The van der Waals surface area contributed by atoms with Gasteiger partial charge in [-0.15, -0.1) is 0 Å². The van der Waals surface area contributed by atoms with Gasteiger partial charge >= 0.3 is 0 Å². The maximum atomic E-state index is 3.57. The van der Waals surface area contributed by atoms with Gasteiger partial charge in [-0.3, -0.25) is 0 Å². The molecule has 0 aliphatic carbocycles. The second-order valence-corrected chi connectivity index (χ2v) is 5.33. The molecule has 2 nitrogen and oxygen atoms in total. The molecule has 2 unspecified atom stereocenters. The molecule has 1 heterocycles. The Hall–Kier alpha value is -0.0800. The first-order valence-electron chi connectivity index (χ1n) is 5.96. The molecule has 0 saturated carbocycles. The van der Waals surface area contributed by atoms with Crippen molar-refractivity contribution >= 4 is 0 Å². The average Bonchev–Trinajstić information content (AvgIpc) is 2.43. The van der Waals surface area contributed by atoms with Crippen LogP contribution in [0.3, 0.4) is 0 Å². The van der Waals surface area contributed by atoms with Gasteiger partial charge in [0.1, 0.15) is 0 Å². The predicted octanol–water partition coefficient (Wildman–Crippen LogP) is 1.96. The number of hydrogen-bond acceptors (Lipinski definition) is 2. The lowest BCUT2D eigenvalue weighted by Crippen LogP contribution is -2.39. The van der Waals surface area contributed by atoms with Gasteiger partial charge in [-0.1, -0.05) is 27.7 Å². The zero-order valence-electron chi connectivity index (χ0n) is 10.4. The minimum atomic E-state index is 0.619. The summed E-state index contributed by atoms with van der Waals surface area (Å²) in [5, 5.41) is 3.57. The van der Waals surface area contributed by atoms with Crippen LogP contribution in [0, 0.1) is 11.8 Å². The molecule has 2 heteroatoms. The fourth-order valence-electron chi connectivity index (χ4n) is 2.71. The molecule has 1 aliphatic rings. The minimum absolute atomic E-state index is 0.619. The third-order valence-corrected chi connectivity index (χ3v) is 3.32. The maximum absolute atomic E-state index is 3.57. The number of rotatable bonds is 4. The Morgan fingerprint density at radius 1 is 1.29 bits per heavy atom. The molecule has 0 aromatic rings. The molecule has 1 aliphatic heterocycles. The van der Waals surface area contributed by atoms with E-state index in [4.69, 9.17) is 0 Å². The standard InChI is InChI=1S/C12H26N2/c1-9(2)12-11(6-7-14(12)5)8-13-10(3)4/h9-13H,6-8H2,1-5H3. The van der Waals surface area contributed by atoms with Gasteiger partial charge in [-0.25, -0.2) is 0 Å². The molecule has 2 atom stereocenters. The van der Waals surface area contributed by atoms with Crippen molar-refractivity contribution in [2.45, 2.75) is 46.2 Å². The predicted molar refractivity (Wildman–Crippen MR) is 62.5 cm³/mol. The van der Waals surface area contributed by atoms with Gasteiger partial charge < -0.3 is 10.2 Å². The lowest BCUT2D eigenvalue weighted by atomic mass is 9.91. The first-order chi connectivity index (χ1) is 6.52. The summed E-state index contributed by atoms with van der Waals surface area (Å²) in [6, 6.07) is 1.40. The van der Waals surface area contributed by atoms with Crippen LogP contribution in [0.4, 0.5) is 0 Å². The van der Waals surface area contributed by atoms with Crippen molar-refractivity contribution in [1.29, 1.82) is 0 Å². The first kappa shape index (κ1) is 12.0. The van der Waals surface area contributed by atoms with Gasteiger partial charge in [0.25, 0.3) is 0 Å². The van der Waals surface area contributed by atoms with Crippen molar-refractivity contribution in [2.75, 3.05) is 20.1 Å². The van der Waals surface area contributed by atoms with Gasteiger partial charge in [0.05, 0.1) is 0 Å². The summed E-state index contributed by atoms with van der Waals surface area (Å²) in [4.78, 5) is 2.53. The second-order valence-electron chi connectivity index (χ2n) is 5.33. The molecule has 0 aromatic carbocycles. The van der Waals surface area contributed by atoms with Crippen LogP contribution < -0.4 is 5.32 Å². The fourth-order valence-corrected chi connectivity index (χ4v) is 2.71. The van der Waals surface area contributed by atoms with Crippen molar-refractivity contribution in [1.82, 2.24) is 10.2 Å². The summed E-state index contributed by atoms with van der Waals surface area (Å²) in [5.74, 6) is 1.63. The van der Waals surface area contributed by atoms with E-state index in [9.17, 15) is 0 Å². The minimum Gasteiger partial charge on any atom is -0.314 e. The highest BCUT2D eigenvalue weighted by atomic mass is 15.2. The van der Waals surface area contributed by atoms with E-state index in [1.54, 1.807) is 0 Å². The van der Waals surface area contributed by atoms with E-state index in [0.717, 1.165) is 17.9 Å². The summed E-state index contributed by atoms with van der Waals surface area (Å²) < 4.78 is 0. The molecule has 0 amide bonds. The smallest absolute Gasteiger partial charge is 0.0156 e. The lowest BCUT2D eigenvalue weighted by molar-refractivity contribution is 0.206. The van der Waals surface area contributed by atoms with Gasteiger partial charge in [-0.05, 0) is 38.4 Å². The van der Waals surface area contributed by atoms with Crippen molar-refractivity contribution < 1.29 is 0 Å². The molecule has 1 saturated heterocycles. The molecule has 0 aromatic heterocycles. The van der Waals surface area contributed by atoms with E-state index in [1.807, 2.05) is 0 Å². The fraction of sp³-hybridized carbons (Fsp3) is 1.00. The average molecular weight is 198 g/mol. The summed E-state index contributed by atoms with van der Waals surface area (Å²) in [6.07, 6.45) is 1.36. The number of hydrogen-bond donors (Lipinski definition) is 1. The molecule has 84 valence electrons. The number of nitrogens with one attached hydrogen (secondary N) is 1. The third kappa shape index (κ3) is 2.96. The Labute approximate surface area is 89.1 Å². The molecule has 0 bridgehead atoms. The van der Waals surface area contributed by atoms with E-state index in [2.05, 4.69) is 45.0 Å². The van der Waals surface area contributed by atoms with Gasteiger partial charge in [-0.2, -0.15) is 0 Å². The SMILES string of the molecule is CC(C)NCC1CCN(C)C1C(C)C. The van der Waals surface area contributed by atoms with Crippen LogP contribution in [0.15, 0.2) is 0 Å². The van der Waals surface area contributed by atoms with Crippen LogP contribution in [-0.4, -0.2) is 37.1 Å². The van der Waals surface area contributed by atoms with Crippen molar-refractivity contribution in [3.63, 3.8) is 0 Å². The van der Waals surface area contributed by atoms with Crippen LogP contribution in [0.2, 0.25) is 0 Å². The van der Waals surface area contributed by atoms with Gasteiger partial charge in [0.2, 0.25) is 0 Å². The molecule has 1 N–H and O–H groups in total. The van der Waals surface area contributed by atoms with Gasteiger partial charge in [0, 0.05) is 12.1 Å². The van der Waals surface area contributed by atoms with Crippen LogP contribution in [0.25, 0.3) is 0 Å². The Morgan fingerprint density at radius 2 is 1.93 bits per heavy atom.